The summed E-state index contributed by atoms with van der Waals surface area (Å²) >= 11 is 0. The maximum absolute atomic E-state index is 12.8. The summed E-state index contributed by atoms with van der Waals surface area (Å²) in [5.41, 5.74) is 0. The lowest BCUT2D eigenvalue weighted by Gasteiger charge is -2.36. The molecule has 0 radical (unpaired) electrons. The highest BCUT2D eigenvalue weighted by atomic mass is 16.9. The van der Waals surface area contributed by atoms with Crippen LogP contribution < -0.4 is 10.6 Å². The second-order valence-electron chi connectivity index (χ2n) is 9.40. The van der Waals surface area contributed by atoms with Crippen LogP contribution in [-0.4, -0.2) is 77.8 Å². The molecule has 3 fully saturated rings. The summed E-state index contributed by atoms with van der Waals surface area (Å²) in [6.45, 7) is 10.2. The number of hydrogen-bond acceptors (Lipinski definition) is 8. The molecule has 3 aliphatic rings. The smallest absolute Gasteiger partial charge is 0.326 e. The molecule has 3 heterocycles. The van der Waals surface area contributed by atoms with Gasteiger partial charge in [-0.3, -0.25) is 9.59 Å². The Kier molecular flexibility index (Phi) is 6.64. The Morgan fingerprint density at radius 3 is 2.13 bits per heavy atom. The molecule has 3 N–H and O–H groups in total. The molecule has 0 bridgehead atoms. The van der Waals surface area contributed by atoms with Crippen LogP contribution in [0.25, 0.3) is 0 Å². The summed E-state index contributed by atoms with van der Waals surface area (Å²) in [4.78, 5) is 36.4. The molecular weight excluding hydrogens is 412 g/mol. The van der Waals surface area contributed by atoms with Gasteiger partial charge in [-0.2, -0.15) is 0 Å². The Morgan fingerprint density at radius 1 is 0.935 bits per heavy atom. The molecule has 31 heavy (non-hydrogen) atoms. The number of carboxylic acids is 1. The summed E-state index contributed by atoms with van der Waals surface area (Å²) < 4.78 is 29.3. The molecular formula is C20H32N2O9. The van der Waals surface area contributed by atoms with Gasteiger partial charge in [-0.15, -0.1) is 0 Å². The first-order valence-corrected chi connectivity index (χ1v) is 10.4. The molecule has 6 atom stereocenters. The minimum absolute atomic E-state index is 0.0808. The molecule has 0 spiro atoms. The van der Waals surface area contributed by atoms with Crippen molar-refractivity contribution in [3.63, 3.8) is 0 Å². The third-order valence-electron chi connectivity index (χ3n) is 5.18. The molecule has 3 aliphatic heterocycles. The molecule has 0 unspecified atom stereocenters. The third kappa shape index (κ3) is 5.53. The van der Waals surface area contributed by atoms with Crippen LogP contribution in [0.15, 0.2) is 0 Å². The number of rotatable bonds is 7. The van der Waals surface area contributed by atoms with E-state index in [9.17, 15) is 19.5 Å². The molecule has 2 amide bonds. The van der Waals surface area contributed by atoms with E-state index in [0.717, 1.165) is 0 Å². The van der Waals surface area contributed by atoms with Gasteiger partial charge in [0.2, 0.25) is 5.91 Å². The number of fused-ring (bicyclic) bond motifs is 3. The quantitative estimate of drug-likeness (QED) is 0.499. The molecule has 11 heteroatoms. The van der Waals surface area contributed by atoms with Crippen LogP contribution >= 0.6 is 0 Å². The van der Waals surface area contributed by atoms with E-state index in [1.807, 2.05) is 13.8 Å². The molecule has 11 nitrogen and oxygen atoms in total. The zero-order valence-corrected chi connectivity index (χ0v) is 18.7. The van der Waals surface area contributed by atoms with Crippen molar-refractivity contribution < 1.29 is 43.2 Å². The summed E-state index contributed by atoms with van der Waals surface area (Å²) in [5, 5.41) is 14.2. The van der Waals surface area contributed by atoms with Crippen molar-refractivity contribution in [1.29, 1.82) is 0 Å². The van der Waals surface area contributed by atoms with E-state index in [4.69, 9.17) is 23.7 Å². The van der Waals surface area contributed by atoms with Gasteiger partial charge in [0.25, 0.3) is 5.91 Å². The molecule has 176 valence electrons. The normalized spacial score (nSPS) is 34.0. The van der Waals surface area contributed by atoms with Gasteiger partial charge in [0.1, 0.15) is 24.4 Å². The largest absolute Gasteiger partial charge is 0.480 e. The molecule has 0 aromatic rings. The van der Waals surface area contributed by atoms with Gasteiger partial charge in [-0.1, -0.05) is 13.8 Å². The monoisotopic (exact) mass is 444 g/mol. The minimum Gasteiger partial charge on any atom is -0.480 e. The maximum atomic E-state index is 12.8. The first-order valence-electron chi connectivity index (χ1n) is 10.4. The number of ether oxygens (including phenoxy) is 5. The second kappa shape index (κ2) is 8.62. The van der Waals surface area contributed by atoms with Gasteiger partial charge in [-0.25, -0.2) is 4.79 Å². The van der Waals surface area contributed by atoms with Crippen molar-refractivity contribution >= 4 is 17.8 Å². The summed E-state index contributed by atoms with van der Waals surface area (Å²) in [6, 6.07) is -1.03. The van der Waals surface area contributed by atoms with Gasteiger partial charge in [0.05, 0.1) is 6.54 Å². The van der Waals surface area contributed by atoms with Crippen molar-refractivity contribution in [2.24, 2.45) is 5.92 Å². The number of carbonyl (C=O) groups excluding carboxylic acids is 2. The number of hydrogen-bond donors (Lipinski definition) is 3. The number of carbonyl (C=O) groups is 3. The van der Waals surface area contributed by atoms with Gasteiger partial charge in [0, 0.05) is 0 Å². The minimum atomic E-state index is -1.13. The van der Waals surface area contributed by atoms with Gasteiger partial charge < -0.3 is 39.4 Å². The lowest BCUT2D eigenvalue weighted by Crippen LogP contribution is -2.60. The molecule has 3 saturated heterocycles. The van der Waals surface area contributed by atoms with E-state index in [1.165, 1.54) is 0 Å². The van der Waals surface area contributed by atoms with E-state index < -0.39 is 72.7 Å². The predicted octanol–water partition coefficient (Wildman–Crippen LogP) is 0.115. The standard InChI is InChI=1S/C20H32N2O9/c1-9(2)7-10(17(25)26)22-11(23)8-21-16(24)14-12-13(29-19(3,4)28-12)15-18(27-14)31-20(5,6)30-15/h9-10,12-15,18H,7-8H2,1-6H3,(H,21,24)(H,22,23)(H,25,26)/t10-,12-,13+,14+,15-,18-/m1/s1. The van der Waals surface area contributed by atoms with Crippen LogP contribution in [0.2, 0.25) is 0 Å². The Bertz CT molecular complexity index is 723. The van der Waals surface area contributed by atoms with Crippen molar-refractivity contribution in [1.82, 2.24) is 10.6 Å². The van der Waals surface area contributed by atoms with Crippen molar-refractivity contribution in [2.45, 2.75) is 96.3 Å². The summed E-state index contributed by atoms with van der Waals surface area (Å²) in [7, 11) is 0. The van der Waals surface area contributed by atoms with Crippen molar-refractivity contribution in [3.05, 3.63) is 0 Å². The molecule has 0 saturated carbocycles. The third-order valence-corrected chi connectivity index (χ3v) is 5.18. The van der Waals surface area contributed by atoms with Crippen LogP contribution in [-0.2, 0) is 38.1 Å². The number of nitrogens with one attached hydrogen (secondary N) is 2. The topological polar surface area (TPSA) is 142 Å². The Morgan fingerprint density at radius 2 is 1.52 bits per heavy atom. The van der Waals surface area contributed by atoms with E-state index in [-0.39, 0.29) is 12.3 Å². The highest BCUT2D eigenvalue weighted by Gasteiger charge is 2.62. The predicted molar refractivity (Wildman–Crippen MR) is 105 cm³/mol. The fraction of sp³-hybridized carbons (Fsp3) is 0.850. The average Bonchev–Trinajstić information content (AvgIpc) is 3.11. The van der Waals surface area contributed by atoms with Crippen molar-refractivity contribution in [2.75, 3.05) is 6.54 Å². The Balaban J connectivity index is 1.63. The van der Waals surface area contributed by atoms with Crippen LogP contribution in [0.3, 0.4) is 0 Å². The Hall–Kier alpha value is -1.79. The molecule has 0 aromatic heterocycles. The summed E-state index contributed by atoms with van der Waals surface area (Å²) in [6.07, 6.45) is -3.57. The second-order valence-corrected chi connectivity index (χ2v) is 9.40. The maximum Gasteiger partial charge on any atom is 0.326 e. The number of carboxylic acid groups (broad SMARTS) is 1. The van der Waals surface area contributed by atoms with E-state index in [0.29, 0.717) is 0 Å². The zero-order chi connectivity index (χ0) is 23.1. The first kappa shape index (κ1) is 23.9. The van der Waals surface area contributed by atoms with E-state index in [1.54, 1.807) is 27.7 Å². The van der Waals surface area contributed by atoms with Gasteiger partial charge in [0.15, 0.2) is 24.0 Å². The molecule has 3 rings (SSSR count). The first-order chi connectivity index (χ1) is 14.3. The van der Waals surface area contributed by atoms with E-state index in [2.05, 4.69) is 10.6 Å². The summed E-state index contributed by atoms with van der Waals surface area (Å²) in [5.74, 6) is -4.12. The van der Waals surface area contributed by atoms with Gasteiger partial charge in [-0.05, 0) is 40.0 Å². The molecule has 0 aliphatic carbocycles. The average molecular weight is 444 g/mol. The van der Waals surface area contributed by atoms with Crippen LogP contribution in [0.5, 0.6) is 0 Å². The number of amides is 2. The lowest BCUT2D eigenvalue weighted by atomic mass is 9.98. The fourth-order valence-corrected chi connectivity index (χ4v) is 4.03. The fourth-order valence-electron chi connectivity index (χ4n) is 4.03. The number of aliphatic carboxylic acids is 1. The van der Waals surface area contributed by atoms with Crippen LogP contribution in [0.4, 0.5) is 0 Å². The highest BCUT2D eigenvalue weighted by Crippen LogP contribution is 2.44. The highest BCUT2D eigenvalue weighted by molar-refractivity contribution is 5.89. The van der Waals surface area contributed by atoms with Gasteiger partial charge >= 0.3 is 5.97 Å². The molecule has 0 aromatic carbocycles. The van der Waals surface area contributed by atoms with Crippen LogP contribution in [0.1, 0.15) is 48.0 Å². The van der Waals surface area contributed by atoms with Crippen molar-refractivity contribution in [3.8, 4) is 0 Å². The Labute approximate surface area is 181 Å². The SMILES string of the molecule is CC(C)C[C@@H](NC(=O)CNC(=O)[C@H]1O[C@@H]2OC(C)(C)O[C@@H]2[C@H]2OC(C)(C)O[C@H]21)C(=O)O. The lowest BCUT2D eigenvalue weighted by molar-refractivity contribution is -0.231. The zero-order valence-electron chi connectivity index (χ0n) is 18.7. The van der Waals surface area contributed by atoms with E-state index >= 15 is 0 Å². The van der Waals surface area contributed by atoms with Crippen LogP contribution in [0, 0.1) is 5.92 Å².